The van der Waals surface area contributed by atoms with Gasteiger partial charge in [0.2, 0.25) is 0 Å². The van der Waals surface area contributed by atoms with Gasteiger partial charge in [-0.1, -0.05) is 0 Å². The van der Waals surface area contributed by atoms with Crippen molar-refractivity contribution in [3.05, 3.63) is 29.3 Å². The number of carbonyl (C=O) groups is 1. The lowest BCUT2D eigenvalue weighted by molar-refractivity contribution is -0.142. The largest absolute Gasteiger partial charge is 0.503 e. The van der Waals surface area contributed by atoms with Crippen molar-refractivity contribution in [2.45, 2.75) is 19.9 Å². The first kappa shape index (κ1) is 14.4. The summed E-state index contributed by atoms with van der Waals surface area (Å²) in [6.45, 7) is 2.59. The number of hydrogen-bond donors (Lipinski definition) is 2. The maximum absolute atomic E-state index is 13.0. The van der Waals surface area contributed by atoms with Crippen molar-refractivity contribution in [2.24, 2.45) is 0 Å². The SMILES string of the molecule is CCOC(=O)CCNCc1cc(F)c(O)c(F)c1. The highest BCUT2D eigenvalue weighted by atomic mass is 19.1. The van der Waals surface area contributed by atoms with Gasteiger partial charge in [0.15, 0.2) is 17.4 Å². The lowest BCUT2D eigenvalue weighted by Gasteiger charge is -2.06. The molecular formula is C12H15F2NO3. The molecule has 0 bridgehead atoms. The van der Waals surface area contributed by atoms with Crippen molar-refractivity contribution < 1.29 is 23.4 Å². The van der Waals surface area contributed by atoms with Crippen molar-refractivity contribution in [3.63, 3.8) is 0 Å². The van der Waals surface area contributed by atoms with E-state index >= 15 is 0 Å². The van der Waals surface area contributed by atoms with Crippen LogP contribution in [0.25, 0.3) is 0 Å². The van der Waals surface area contributed by atoms with Gasteiger partial charge in [-0.05, 0) is 24.6 Å². The molecule has 4 nitrogen and oxygen atoms in total. The Kier molecular flexibility index (Phi) is 5.51. The fourth-order valence-electron chi connectivity index (χ4n) is 1.38. The first-order valence-corrected chi connectivity index (χ1v) is 5.57. The quantitative estimate of drug-likeness (QED) is 0.603. The maximum atomic E-state index is 13.0. The van der Waals surface area contributed by atoms with Gasteiger partial charge < -0.3 is 15.2 Å². The van der Waals surface area contributed by atoms with E-state index in [9.17, 15) is 13.6 Å². The van der Waals surface area contributed by atoms with E-state index in [1.807, 2.05) is 0 Å². The van der Waals surface area contributed by atoms with Crippen LogP contribution in [0.3, 0.4) is 0 Å². The van der Waals surface area contributed by atoms with Gasteiger partial charge in [-0.3, -0.25) is 4.79 Å². The van der Waals surface area contributed by atoms with E-state index < -0.39 is 17.4 Å². The molecule has 0 heterocycles. The van der Waals surface area contributed by atoms with Crippen molar-refractivity contribution in [1.82, 2.24) is 5.32 Å². The van der Waals surface area contributed by atoms with Crippen LogP contribution >= 0.6 is 0 Å². The molecule has 18 heavy (non-hydrogen) atoms. The molecule has 0 saturated carbocycles. The molecule has 0 spiro atoms. The van der Waals surface area contributed by atoms with Crippen LogP contribution in [0.4, 0.5) is 8.78 Å². The Balaban J connectivity index is 2.38. The highest BCUT2D eigenvalue weighted by Crippen LogP contribution is 2.21. The average molecular weight is 259 g/mol. The third-order valence-electron chi connectivity index (χ3n) is 2.22. The van der Waals surface area contributed by atoms with Crippen LogP contribution in [-0.4, -0.2) is 24.2 Å². The van der Waals surface area contributed by atoms with E-state index in [1.165, 1.54) is 0 Å². The van der Waals surface area contributed by atoms with Gasteiger partial charge in [0, 0.05) is 13.1 Å². The number of rotatable bonds is 6. The van der Waals surface area contributed by atoms with E-state index in [1.54, 1.807) is 6.92 Å². The molecule has 0 radical (unpaired) electrons. The summed E-state index contributed by atoms with van der Waals surface area (Å²) in [5.41, 5.74) is 0.353. The topological polar surface area (TPSA) is 58.6 Å². The van der Waals surface area contributed by atoms with Gasteiger partial charge >= 0.3 is 5.97 Å². The number of aromatic hydroxyl groups is 1. The molecule has 0 amide bonds. The predicted molar refractivity (Wildman–Crippen MR) is 61.0 cm³/mol. The summed E-state index contributed by atoms with van der Waals surface area (Å²) in [6, 6.07) is 2.07. The number of hydrogen-bond acceptors (Lipinski definition) is 4. The minimum atomic E-state index is -1.00. The Morgan fingerprint density at radius 2 is 2.00 bits per heavy atom. The highest BCUT2D eigenvalue weighted by molar-refractivity contribution is 5.69. The number of phenolic OH excluding ortho intramolecular Hbond substituents is 1. The van der Waals surface area contributed by atoms with Crippen LogP contribution in [0, 0.1) is 11.6 Å². The van der Waals surface area contributed by atoms with Crippen LogP contribution in [0.1, 0.15) is 18.9 Å². The summed E-state index contributed by atoms with van der Waals surface area (Å²) in [4.78, 5) is 11.0. The van der Waals surface area contributed by atoms with Gasteiger partial charge in [0.25, 0.3) is 0 Å². The zero-order valence-electron chi connectivity index (χ0n) is 10.0. The number of carbonyl (C=O) groups excluding carboxylic acids is 1. The summed E-state index contributed by atoms with van der Waals surface area (Å²) in [5.74, 6) is -3.31. The Hall–Kier alpha value is -1.69. The Morgan fingerprint density at radius 1 is 1.39 bits per heavy atom. The van der Waals surface area contributed by atoms with E-state index in [0.717, 1.165) is 12.1 Å². The molecule has 0 unspecified atom stereocenters. The third-order valence-corrected chi connectivity index (χ3v) is 2.22. The number of nitrogens with one attached hydrogen (secondary N) is 1. The third kappa shape index (κ3) is 4.29. The normalized spacial score (nSPS) is 10.4. The first-order chi connectivity index (χ1) is 8.54. The number of esters is 1. The first-order valence-electron chi connectivity index (χ1n) is 5.57. The summed E-state index contributed by atoms with van der Waals surface area (Å²) >= 11 is 0. The molecule has 100 valence electrons. The van der Waals surface area contributed by atoms with E-state index in [4.69, 9.17) is 9.84 Å². The second-order valence-electron chi connectivity index (χ2n) is 3.64. The Morgan fingerprint density at radius 3 is 2.56 bits per heavy atom. The monoisotopic (exact) mass is 259 g/mol. The van der Waals surface area contributed by atoms with Gasteiger partial charge in [0.1, 0.15) is 0 Å². The molecule has 6 heteroatoms. The number of phenols is 1. The zero-order chi connectivity index (χ0) is 13.5. The molecule has 2 N–H and O–H groups in total. The number of halogens is 2. The minimum absolute atomic E-state index is 0.191. The summed E-state index contributed by atoms with van der Waals surface area (Å²) in [5, 5.41) is 11.8. The van der Waals surface area contributed by atoms with E-state index in [-0.39, 0.29) is 18.9 Å². The number of benzene rings is 1. The van der Waals surface area contributed by atoms with Crippen molar-refractivity contribution in [2.75, 3.05) is 13.2 Å². The zero-order valence-corrected chi connectivity index (χ0v) is 10.0. The van der Waals surface area contributed by atoms with Crippen LogP contribution in [-0.2, 0) is 16.1 Å². The van der Waals surface area contributed by atoms with Crippen LogP contribution in [0.2, 0.25) is 0 Å². The number of ether oxygens (including phenoxy) is 1. The fourth-order valence-corrected chi connectivity index (χ4v) is 1.38. The minimum Gasteiger partial charge on any atom is -0.503 e. The molecule has 0 aromatic heterocycles. The fraction of sp³-hybridized carbons (Fsp3) is 0.417. The van der Waals surface area contributed by atoms with Gasteiger partial charge in [-0.15, -0.1) is 0 Å². The Bertz CT molecular complexity index is 401. The lowest BCUT2D eigenvalue weighted by atomic mass is 10.2. The second-order valence-corrected chi connectivity index (χ2v) is 3.64. The van der Waals surface area contributed by atoms with Gasteiger partial charge in [-0.25, -0.2) is 8.78 Å². The molecule has 0 aliphatic heterocycles. The maximum Gasteiger partial charge on any atom is 0.307 e. The van der Waals surface area contributed by atoms with Crippen LogP contribution < -0.4 is 5.32 Å². The van der Waals surface area contributed by atoms with Crippen LogP contribution in [0.5, 0.6) is 5.75 Å². The Labute approximate surface area is 104 Å². The molecule has 0 saturated heterocycles. The highest BCUT2D eigenvalue weighted by Gasteiger charge is 2.09. The molecule has 0 atom stereocenters. The van der Waals surface area contributed by atoms with Crippen molar-refractivity contribution in [3.8, 4) is 5.75 Å². The molecule has 0 aliphatic rings. The molecule has 1 aromatic rings. The molecule has 0 fully saturated rings. The average Bonchev–Trinajstić information content (AvgIpc) is 2.32. The van der Waals surface area contributed by atoms with E-state index in [0.29, 0.717) is 18.7 Å². The van der Waals surface area contributed by atoms with Gasteiger partial charge in [0.05, 0.1) is 13.0 Å². The summed E-state index contributed by atoms with van der Waals surface area (Å²) < 4.78 is 30.7. The molecule has 1 aromatic carbocycles. The van der Waals surface area contributed by atoms with Crippen LogP contribution in [0.15, 0.2) is 12.1 Å². The predicted octanol–water partition coefficient (Wildman–Crippen LogP) is 1.71. The molecule has 0 aliphatic carbocycles. The second kappa shape index (κ2) is 6.90. The standard InChI is InChI=1S/C12H15F2NO3/c1-2-18-11(16)3-4-15-7-8-5-9(13)12(17)10(14)6-8/h5-6,15,17H,2-4,7H2,1H3. The summed E-state index contributed by atoms with van der Waals surface area (Å²) in [6.07, 6.45) is 0.191. The molecular weight excluding hydrogens is 244 g/mol. The smallest absolute Gasteiger partial charge is 0.307 e. The van der Waals surface area contributed by atoms with Gasteiger partial charge in [-0.2, -0.15) is 0 Å². The van der Waals surface area contributed by atoms with E-state index in [2.05, 4.69) is 5.32 Å². The summed E-state index contributed by atoms with van der Waals surface area (Å²) in [7, 11) is 0. The molecule has 1 rings (SSSR count). The van der Waals surface area contributed by atoms with Crippen molar-refractivity contribution >= 4 is 5.97 Å². The van der Waals surface area contributed by atoms with Crippen molar-refractivity contribution in [1.29, 1.82) is 0 Å². The lowest BCUT2D eigenvalue weighted by Crippen LogP contribution is -2.19.